The third kappa shape index (κ3) is 3.62. The van der Waals surface area contributed by atoms with E-state index in [0.29, 0.717) is 5.56 Å². The maximum absolute atomic E-state index is 12.3. The normalized spacial score (nSPS) is 10.2. The van der Waals surface area contributed by atoms with Crippen LogP contribution in [0.1, 0.15) is 16.1 Å². The van der Waals surface area contributed by atoms with Gasteiger partial charge in [-0.15, -0.1) is 0 Å². The number of aromatic nitrogens is 2. The second-order valence-electron chi connectivity index (χ2n) is 5.23. The maximum atomic E-state index is 12.3. The molecule has 3 aromatic rings. The smallest absolute Gasteiger partial charge is 0.269 e. The molecule has 0 atom stereocenters. The topological polar surface area (TPSA) is 77.0 Å². The van der Waals surface area contributed by atoms with Gasteiger partial charge in [0.1, 0.15) is 5.69 Å². The van der Waals surface area contributed by atoms with Crippen molar-refractivity contribution in [2.24, 2.45) is 0 Å². The molecule has 0 aliphatic rings. The quantitative estimate of drug-likeness (QED) is 0.265. The highest BCUT2D eigenvalue weighted by Crippen LogP contribution is 2.14. The number of halogens is 1. The molecule has 1 aromatic heterocycles. The van der Waals surface area contributed by atoms with Crippen LogP contribution >= 0.6 is 0 Å². The summed E-state index contributed by atoms with van der Waals surface area (Å²) in [4.78, 5) is 22.5. The molecule has 0 spiro atoms. The van der Waals surface area contributed by atoms with Gasteiger partial charge in [-0.25, -0.2) is 0 Å². The molecule has 0 saturated carbocycles. The van der Waals surface area contributed by atoms with Gasteiger partial charge in [-0.2, -0.15) is 0 Å². The molecule has 2 aromatic carbocycles. The van der Waals surface area contributed by atoms with Crippen LogP contribution in [-0.4, -0.2) is 15.8 Å². The number of ketones is 1. The van der Waals surface area contributed by atoms with Crippen molar-refractivity contribution in [1.82, 2.24) is 5.10 Å². The molecule has 24 heavy (non-hydrogen) atoms. The fourth-order valence-corrected chi connectivity index (χ4v) is 2.46. The maximum Gasteiger partial charge on any atom is 0.269 e. The molecule has 0 saturated heterocycles. The fourth-order valence-electron chi connectivity index (χ4n) is 2.46. The Morgan fingerprint density at radius 1 is 1.17 bits per heavy atom. The molecule has 0 N–H and O–H groups in total. The molecule has 0 amide bonds. The van der Waals surface area contributed by atoms with Gasteiger partial charge in [-0.1, -0.05) is 22.9 Å². The van der Waals surface area contributed by atoms with E-state index in [-0.39, 0.29) is 35.0 Å². The van der Waals surface area contributed by atoms with Crippen molar-refractivity contribution in [3.63, 3.8) is 0 Å². The molecule has 0 bridgehead atoms. The van der Waals surface area contributed by atoms with Gasteiger partial charge in [0.15, 0.2) is 0 Å². The molecule has 0 aliphatic heterocycles. The molecule has 0 aliphatic carbocycles. The van der Waals surface area contributed by atoms with Crippen LogP contribution in [0.4, 0.5) is 5.69 Å². The predicted molar refractivity (Wildman–Crippen MR) is 84.1 cm³/mol. The molecule has 0 fully saturated rings. The number of nitro groups is 1. The number of hydrogen-bond donors (Lipinski definition) is 0. The molecule has 0 unspecified atom stereocenters. The minimum absolute atomic E-state index is 0. The Morgan fingerprint density at radius 2 is 1.83 bits per heavy atom. The highest BCUT2D eigenvalue weighted by molar-refractivity contribution is 5.95. The second-order valence-corrected chi connectivity index (χ2v) is 5.23. The average Bonchev–Trinajstić information content (AvgIpc) is 2.55. The van der Waals surface area contributed by atoms with Crippen molar-refractivity contribution in [2.45, 2.75) is 13.5 Å². The van der Waals surface area contributed by atoms with E-state index < -0.39 is 4.92 Å². The van der Waals surface area contributed by atoms with Gasteiger partial charge in [-0.3, -0.25) is 14.9 Å². The van der Waals surface area contributed by atoms with E-state index in [4.69, 9.17) is 0 Å². The first-order chi connectivity index (χ1) is 11.0. The van der Waals surface area contributed by atoms with Crippen molar-refractivity contribution in [1.29, 1.82) is 0 Å². The standard InChI is InChI=1S/C17H14N3O3.BrH/c1-12-16-5-3-2-4-14(16)10-19(18-12)11-17(21)13-6-8-15(9-7-13)20(22)23;/h2-10H,11H2,1H3;1H/q+1;/p-1. The van der Waals surface area contributed by atoms with Gasteiger partial charge in [0.2, 0.25) is 18.5 Å². The van der Waals surface area contributed by atoms with Crippen LogP contribution in [-0.2, 0) is 6.54 Å². The molecule has 7 heteroatoms. The summed E-state index contributed by atoms with van der Waals surface area (Å²) in [7, 11) is 0. The Balaban J connectivity index is 0.00000208. The van der Waals surface area contributed by atoms with E-state index in [1.54, 1.807) is 4.68 Å². The lowest BCUT2D eigenvalue weighted by molar-refractivity contribution is -0.740. The third-order valence-corrected chi connectivity index (χ3v) is 3.62. The Hall–Kier alpha value is -2.67. The molecule has 1 heterocycles. The zero-order valence-corrected chi connectivity index (χ0v) is 14.4. The van der Waals surface area contributed by atoms with Crippen LogP contribution in [0, 0.1) is 17.0 Å². The van der Waals surface area contributed by atoms with E-state index in [2.05, 4.69) is 5.10 Å². The minimum Gasteiger partial charge on any atom is -1.00 e. The van der Waals surface area contributed by atoms with E-state index >= 15 is 0 Å². The number of benzene rings is 2. The number of carbonyl (C=O) groups is 1. The first kappa shape index (κ1) is 17.7. The Kier molecular flexibility index (Phi) is 5.35. The number of rotatable bonds is 4. The van der Waals surface area contributed by atoms with Crippen molar-refractivity contribution >= 4 is 22.2 Å². The van der Waals surface area contributed by atoms with Crippen molar-refractivity contribution in [3.05, 3.63) is 76.1 Å². The number of fused-ring (bicyclic) bond motifs is 1. The van der Waals surface area contributed by atoms with E-state index in [9.17, 15) is 14.9 Å². The summed E-state index contributed by atoms with van der Waals surface area (Å²) in [5.41, 5.74) is 1.24. The Morgan fingerprint density at radius 3 is 2.50 bits per heavy atom. The highest BCUT2D eigenvalue weighted by atomic mass is 79.9. The molecule has 3 rings (SSSR count). The van der Waals surface area contributed by atoms with Crippen LogP contribution in [0.5, 0.6) is 0 Å². The van der Waals surface area contributed by atoms with Crippen molar-refractivity contribution < 1.29 is 31.4 Å². The molecular formula is C17H14BrN3O3. The van der Waals surface area contributed by atoms with Crippen LogP contribution in [0.25, 0.3) is 10.8 Å². The van der Waals surface area contributed by atoms with Crippen molar-refractivity contribution in [2.75, 3.05) is 0 Å². The highest BCUT2D eigenvalue weighted by Gasteiger charge is 2.16. The number of nitro benzene ring substituents is 1. The molecule has 0 radical (unpaired) electrons. The summed E-state index contributed by atoms with van der Waals surface area (Å²) in [6.07, 6.45) is 1.83. The van der Waals surface area contributed by atoms with Crippen LogP contribution < -0.4 is 21.7 Å². The van der Waals surface area contributed by atoms with Crippen LogP contribution in [0.15, 0.2) is 54.7 Å². The molecule has 6 nitrogen and oxygen atoms in total. The summed E-state index contributed by atoms with van der Waals surface area (Å²) < 4.78 is 1.60. The summed E-state index contributed by atoms with van der Waals surface area (Å²) in [5.74, 6) is -0.146. The number of carbonyl (C=O) groups excluding carboxylic acids is 1. The minimum atomic E-state index is -0.489. The fraction of sp³-hybridized carbons (Fsp3) is 0.118. The summed E-state index contributed by atoms with van der Waals surface area (Å²) in [6, 6.07) is 13.4. The zero-order chi connectivity index (χ0) is 16.4. The largest absolute Gasteiger partial charge is 1.00 e. The molecular weight excluding hydrogens is 374 g/mol. The Labute approximate surface area is 148 Å². The number of non-ortho nitro benzene ring substituents is 1. The lowest BCUT2D eigenvalue weighted by atomic mass is 10.1. The van der Waals surface area contributed by atoms with Crippen LogP contribution in [0.3, 0.4) is 0 Å². The number of aryl methyl sites for hydroxylation is 1. The van der Waals surface area contributed by atoms with Gasteiger partial charge < -0.3 is 17.0 Å². The lowest BCUT2D eigenvalue weighted by Crippen LogP contribution is -3.00. The van der Waals surface area contributed by atoms with Gasteiger partial charge in [0, 0.05) is 28.5 Å². The van der Waals surface area contributed by atoms with Gasteiger partial charge in [0.25, 0.3) is 5.69 Å². The summed E-state index contributed by atoms with van der Waals surface area (Å²) >= 11 is 0. The predicted octanol–water partition coefficient (Wildman–Crippen LogP) is -0.374. The summed E-state index contributed by atoms with van der Waals surface area (Å²) in [5, 5.41) is 17.1. The SMILES string of the molecule is Cc1n[n+](CC(=O)c2ccc([N+](=O)[O-])cc2)cc2ccccc12.[Br-]. The monoisotopic (exact) mass is 387 g/mol. The summed E-state index contributed by atoms with van der Waals surface area (Å²) in [6.45, 7) is 1.98. The number of Topliss-reactive ketones (excluding diaryl/α,β-unsaturated/α-hetero) is 1. The Bertz CT molecular complexity index is 911. The third-order valence-electron chi connectivity index (χ3n) is 3.62. The van der Waals surface area contributed by atoms with E-state index in [1.165, 1.54) is 24.3 Å². The van der Waals surface area contributed by atoms with E-state index in [0.717, 1.165) is 16.5 Å². The van der Waals surface area contributed by atoms with Gasteiger partial charge in [0.05, 0.1) is 4.92 Å². The van der Waals surface area contributed by atoms with Gasteiger partial charge >= 0.3 is 0 Å². The molecule has 122 valence electrons. The number of hydrogen-bond acceptors (Lipinski definition) is 4. The first-order valence-corrected chi connectivity index (χ1v) is 7.08. The number of nitrogens with zero attached hydrogens (tertiary/aromatic N) is 3. The van der Waals surface area contributed by atoms with Gasteiger partial charge in [-0.05, 0) is 30.2 Å². The second kappa shape index (κ2) is 7.27. The zero-order valence-electron chi connectivity index (χ0n) is 12.8. The van der Waals surface area contributed by atoms with Crippen molar-refractivity contribution in [3.8, 4) is 0 Å². The lowest BCUT2D eigenvalue weighted by Gasteiger charge is -2.01. The first-order valence-electron chi connectivity index (χ1n) is 7.08. The van der Waals surface area contributed by atoms with Crippen LogP contribution in [0.2, 0.25) is 0 Å². The average molecular weight is 388 g/mol. The van der Waals surface area contributed by atoms with E-state index in [1.807, 2.05) is 37.4 Å².